The minimum absolute atomic E-state index is 0.0750. The Morgan fingerprint density at radius 2 is 2.00 bits per heavy atom. The summed E-state index contributed by atoms with van der Waals surface area (Å²) in [5.41, 5.74) is -0.0750. The van der Waals surface area contributed by atoms with Crippen LogP contribution in [-0.2, 0) is 4.79 Å². The summed E-state index contributed by atoms with van der Waals surface area (Å²) in [6.07, 6.45) is 0. The van der Waals surface area contributed by atoms with E-state index in [1.807, 2.05) is 13.8 Å². The van der Waals surface area contributed by atoms with Gasteiger partial charge in [-0.25, -0.2) is 0 Å². The SMILES string of the molecule is CC(=O)C(C)(C)C[TeH]. The molecule has 0 aliphatic rings. The van der Waals surface area contributed by atoms with Gasteiger partial charge in [-0.1, -0.05) is 0 Å². The van der Waals surface area contributed by atoms with E-state index in [4.69, 9.17) is 0 Å². The molecule has 8 heavy (non-hydrogen) atoms. The molecule has 0 spiro atoms. The Morgan fingerprint density at radius 3 is 2.00 bits per heavy atom. The molecule has 0 saturated heterocycles. The molecule has 0 aliphatic heterocycles. The molecular formula is C6H12OTe. The van der Waals surface area contributed by atoms with Crippen molar-refractivity contribution >= 4 is 28.1 Å². The van der Waals surface area contributed by atoms with Gasteiger partial charge in [0.1, 0.15) is 0 Å². The number of carbonyl (C=O) groups is 1. The van der Waals surface area contributed by atoms with Gasteiger partial charge in [-0.2, -0.15) is 0 Å². The van der Waals surface area contributed by atoms with Gasteiger partial charge in [0.05, 0.1) is 0 Å². The zero-order valence-corrected chi connectivity index (χ0v) is 8.12. The third-order valence-electron chi connectivity index (χ3n) is 1.35. The van der Waals surface area contributed by atoms with E-state index >= 15 is 0 Å². The molecule has 1 nitrogen and oxygen atoms in total. The Hall–Kier alpha value is 0.460. The zero-order valence-electron chi connectivity index (χ0n) is 5.56. The van der Waals surface area contributed by atoms with Gasteiger partial charge >= 0.3 is 63.5 Å². The molecule has 0 heterocycles. The molecule has 0 N–H and O–H groups in total. The van der Waals surface area contributed by atoms with Gasteiger partial charge < -0.3 is 0 Å². The quantitative estimate of drug-likeness (QED) is 0.642. The van der Waals surface area contributed by atoms with Crippen molar-refractivity contribution < 1.29 is 4.79 Å². The maximum atomic E-state index is 10.7. The van der Waals surface area contributed by atoms with Gasteiger partial charge in [0.25, 0.3) is 0 Å². The van der Waals surface area contributed by atoms with E-state index in [2.05, 4.69) is 0 Å². The first-order valence-corrected chi connectivity index (χ1v) is 4.43. The Labute approximate surface area is 63.7 Å². The van der Waals surface area contributed by atoms with Crippen LogP contribution in [0.15, 0.2) is 0 Å². The number of hydrogen-bond donors (Lipinski definition) is 0. The fourth-order valence-electron chi connectivity index (χ4n) is 0.111. The molecule has 0 rings (SSSR count). The third-order valence-corrected chi connectivity index (χ3v) is 3.60. The van der Waals surface area contributed by atoms with Crippen LogP contribution in [0, 0.1) is 5.41 Å². The van der Waals surface area contributed by atoms with Crippen LogP contribution in [0.5, 0.6) is 0 Å². The first-order chi connectivity index (χ1) is 3.50. The topological polar surface area (TPSA) is 17.1 Å². The van der Waals surface area contributed by atoms with E-state index in [1.165, 1.54) is 0 Å². The Bertz CT molecular complexity index is 96.7. The zero-order chi connectivity index (χ0) is 6.78. The van der Waals surface area contributed by atoms with Crippen molar-refractivity contribution in [3.8, 4) is 0 Å². The molecule has 0 aromatic heterocycles. The van der Waals surface area contributed by atoms with Gasteiger partial charge in [-0.05, 0) is 0 Å². The van der Waals surface area contributed by atoms with E-state index in [1.54, 1.807) is 29.2 Å². The fraction of sp³-hybridized carbons (Fsp3) is 0.833. The predicted molar refractivity (Wildman–Crippen MR) is 36.4 cm³/mol. The van der Waals surface area contributed by atoms with Gasteiger partial charge in [0.15, 0.2) is 0 Å². The molecule has 0 saturated carbocycles. The molecule has 0 unspecified atom stereocenters. The van der Waals surface area contributed by atoms with Crippen LogP contribution < -0.4 is 0 Å². The van der Waals surface area contributed by atoms with Crippen LogP contribution in [0.4, 0.5) is 0 Å². The van der Waals surface area contributed by atoms with Gasteiger partial charge in [-0.3, -0.25) is 0 Å². The summed E-state index contributed by atoms with van der Waals surface area (Å²) in [5.74, 6) is 0.290. The second-order valence-corrected chi connectivity index (χ2v) is 3.50. The molecule has 0 fully saturated rings. The monoisotopic (exact) mass is 230 g/mol. The average Bonchev–Trinajstić information content (AvgIpc) is 1.67. The van der Waals surface area contributed by atoms with Gasteiger partial charge in [0, 0.05) is 0 Å². The number of hydrogen-bond acceptors (Lipinski definition) is 1. The second-order valence-electron chi connectivity index (χ2n) is 2.60. The number of Topliss-reactive ketones (excluding diaryl/α,β-unsaturated/α-hetero) is 1. The van der Waals surface area contributed by atoms with Crippen LogP contribution in [0.3, 0.4) is 0 Å². The van der Waals surface area contributed by atoms with Gasteiger partial charge in [0.2, 0.25) is 0 Å². The molecule has 0 aliphatic carbocycles. The Balaban J connectivity index is 3.91. The summed E-state index contributed by atoms with van der Waals surface area (Å²) in [7, 11) is 0. The minimum atomic E-state index is -0.0750. The molecule has 0 atom stereocenters. The standard InChI is InChI=1S/C6H12OTe/c1-5(7)6(2,3)4-8/h8H,4H2,1-3H3. The summed E-state index contributed by atoms with van der Waals surface area (Å²) in [6.45, 7) is 5.61. The third kappa shape index (κ3) is 2.15. The fourth-order valence-corrected chi connectivity index (χ4v) is 0.747. The molecule has 48 valence electrons. The van der Waals surface area contributed by atoms with E-state index < -0.39 is 0 Å². The van der Waals surface area contributed by atoms with E-state index in [9.17, 15) is 4.79 Å². The van der Waals surface area contributed by atoms with Crippen LogP contribution in [-0.4, -0.2) is 28.1 Å². The number of rotatable bonds is 2. The molecule has 0 aromatic rings. The first-order valence-electron chi connectivity index (χ1n) is 2.62. The first kappa shape index (κ1) is 8.46. The van der Waals surface area contributed by atoms with Crippen molar-refractivity contribution in [2.24, 2.45) is 5.41 Å². The van der Waals surface area contributed by atoms with Crippen molar-refractivity contribution in [1.29, 1.82) is 0 Å². The normalized spacial score (nSPS) is 11.5. The van der Waals surface area contributed by atoms with Crippen molar-refractivity contribution in [3.05, 3.63) is 0 Å². The van der Waals surface area contributed by atoms with Crippen molar-refractivity contribution in [2.45, 2.75) is 25.2 Å². The Kier molecular flexibility index (Phi) is 3.01. The molecular weight excluding hydrogens is 216 g/mol. The van der Waals surface area contributed by atoms with E-state index in [0.29, 0.717) is 5.78 Å². The Morgan fingerprint density at radius 1 is 1.62 bits per heavy atom. The average molecular weight is 228 g/mol. The summed E-state index contributed by atoms with van der Waals surface area (Å²) in [5, 5.41) is 0. The summed E-state index contributed by atoms with van der Waals surface area (Å²) in [4.78, 5) is 10.7. The van der Waals surface area contributed by atoms with E-state index in [-0.39, 0.29) is 5.41 Å². The van der Waals surface area contributed by atoms with Crippen molar-refractivity contribution in [2.75, 3.05) is 0 Å². The molecule has 0 radical (unpaired) electrons. The summed E-state index contributed by atoms with van der Waals surface area (Å²) < 4.78 is 0.983. The molecule has 0 amide bonds. The molecule has 0 aromatic carbocycles. The van der Waals surface area contributed by atoms with Crippen LogP contribution >= 0.6 is 0 Å². The predicted octanol–water partition coefficient (Wildman–Crippen LogP) is 0.921. The molecule has 0 bridgehead atoms. The number of carbonyl (C=O) groups excluding carboxylic acids is 1. The number of ketones is 1. The van der Waals surface area contributed by atoms with Crippen LogP contribution in [0.2, 0.25) is 4.47 Å². The summed E-state index contributed by atoms with van der Waals surface area (Å²) >= 11 is 1.70. The molecule has 2 heteroatoms. The summed E-state index contributed by atoms with van der Waals surface area (Å²) in [6, 6.07) is 0. The maximum absolute atomic E-state index is 10.7. The van der Waals surface area contributed by atoms with Crippen molar-refractivity contribution in [3.63, 3.8) is 0 Å². The van der Waals surface area contributed by atoms with Crippen LogP contribution in [0.25, 0.3) is 0 Å². The van der Waals surface area contributed by atoms with E-state index in [0.717, 1.165) is 4.47 Å². The van der Waals surface area contributed by atoms with Crippen molar-refractivity contribution in [1.82, 2.24) is 0 Å². The van der Waals surface area contributed by atoms with Gasteiger partial charge in [-0.15, -0.1) is 0 Å². The second kappa shape index (κ2) is 2.85. The van der Waals surface area contributed by atoms with Crippen LogP contribution in [0.1, 0.15) is 20.8 Å².